The van der Waals surface area contributed by atoms with Crippen LogP contribution in [0.3, 0.4) is 0 Å². The summed E-state index contributed by atoms with van der Waals surface area (Å²) < 4.78 is 39.5. The van der Waals surface area contributed by atoms with Crippen molar-refractivity contribution in [2.45, 2.75) is 19.1 Å². The quantitative estimate of drug-likeness (QED) is 0.853. The molecule has 0 aromatic heterocycles. The van der Waals surface area contributed by atoms with E-state index in [-0.39, 0.29) is 11.7 Å². The molecule has 1 fully saturated rings. The van der Waals surface area contributed by atoms with Crippen LogP contribution < -0.4 is 10.2 Å². The fourth-order valence-corrected chi connectivity index (χ4v) is 2.52. The Labute approximate surface area is 112 Å². The topological polar surface area (TPSA) is 15.3 Å². The highest BCUT2D eigenvalue weighted by molar-refractivity contribution is 9.10. The molecule has 1 aliphatic heterocycles. The van der Waals surface area contributed by atoms with Crippen molar-refractivity contribution in [3.63, 3.8) is 0 Å². The number of hydrogen-bond acceptors (Lipinski definition) is 2. The van der Waals surface area contributed by atoms with E-state index in [4.69, 9.17) is 0 Å². The molecule has 0 bridgehead atoms. The molecule has 6 heteroatoms. The van der Waals surface area contributed by atoms with Gasteiger partial charge in [0, 0.05) is 35.8 Å². The predicted molar refractivity (Wildman–Crippen MR) is 68.8 cm³/mol. The van der Waals surface area contributed by atoms with Crippen molar-refractivity contribution in [1.82, 2.24) is 5.32 Å². The standard InChI is InChI=1S/C12H14BrF3N2/c1-8-7-18(5-4-17-8)11-3-2-9(13)6-10(11)12(14,15)16/h2-3,6,8,17H,4-5,7H2,1H3/t8-/m1/s1. The molecule has 2 rings (SSSR count). The molecule has 2 nitrogen and oxygen atoms in total. The van der Waals surface area contributed by atoms with Crippen LogP contribution in [0.5, 0.6) is 0 Å². The zero-order chi connectivity index (χ0) is 13.3. The maximum Gasteiger partial charge on any atom is 0.418 e. The first-order valence-electron chi connectivity index (χ1n) is 5.73. The van der Waals surface area contributed by atoms with Gasteiger partial charge in [-0.15, -0.1) is 0 Å². The summed E-state index contributed by atoms with van der Waals surface area (Å²) in [6, 6.07) is 4.52. The molecular formula is C12H14BrF3N2. The Kier molecular flexibility index (Phi) is 3.87. The Morgan fingerprint density at radius 3 is 2.72 bits per heavy atom. The maximum absolute atomic E-state index is 13.0. The number of halogens is 4. The minimum Gasteiger partial charge on any atom is -0.368 e. The van der Waals surface area contributed by atoms with Crippen LogP contribution in [0.25, 0.3) is 0 Å². The summed E-state index contributed by atoms with van der Waals surface area (Å²) in [5.41, 5.74) is -0.315. The van der Waals surface area contributed by atoms with Crippen LogP contribution in [0.15, 0.2) is 22.7 Å². The second kappa shape index (κ2) is 5.09. The van der Waals surface area contributed by atoms with Crippen molar-refractivity contribution in [3.8, 4) is 0 Å². The fraction of sp³-hybridized carbons (Fsp3) is 0.500. The highest BCUT2D eigenvalue weighted by atomic mass is 79.9. The van der Waals surface area contributed by atoms with E-state index in [0.717, 1.165) is 6.07 Å². The van der Waals surface area contributed by atoms with Crippen LogP contribution in [0.2, 0.25) is 0 Å². The number of piperazine rings is 1. The van der Waals surface area contributed by atoms with Gasteiger partial charge in [0.1, 0.15) is 0 Å². The van der Waals surface area contributed by atoms with Gasteiger partial charge >= 0.3 is 6.18 Å². The molecule has 0 aliphatic carbocycles. The van der Waals surface area contributed by atoms with Gasteiger partial charge in [-0.3, -0.25) is 0 Å². The SMILES string of the molecule is C[C@@H]1CN(c2ccc(Br)cc2C(F)(F)F)CCN1. The van der Waals surface area contributed by atoms with E-state index in [0.29, 0.717) is 24.1 Å². The number of alkyl halides is 3. The zero-order valence-corrected chi connectivity index (χ0v) is 11.5. The number of rotatable bonds is 1. The number of hydrogen-bond donors (Lipinski definition) is 1. The summed E-state index contributed by atoms with van der Waals surface area (Å²) in [4.78, 5) is 1.79. The summed E-state index contributed by atoms with van der Waals surface area (Å²) in [7, 11) is 0. The van der Waals surface area contributed by atoms with Gasteiger partial charge in [-0.05, 0) is 25.1 Å². The molecule has 1 atom stereocenters. The Morgan fingerprint density at radius 1 is 1.39 bits per heavy atom. The van der Waals surface area contributed by atoms with Gasteiger partial charge in [0.2, 0.25) is 0 Å². The van der Waals surface area contributed by atoms with E-state index in [1.807, 2.05) is 6.92 Å². The highest BCUT2D eigenvalue weighted by Gasteiger charge is 2.35. The second-order valence-electron chi connectivity index (χ2n) is 4.46. The van der Waals surface area contributed by atoms with E-state index in [1.54, 1.807) is 11.0 Å². The Hall–Kier alpha value is -0.750. The monoisotopic (exact) mass is 322 g/mol. The molecule has 1 aromatic carbocycles. The van der Waals surface area contributed by atoms with Crippen LogP contribution in [0, 0.1) is 0 Å². The van der Waals surface area contributed by atoms with Crippen LogP contribution in [-0.2, 0) is 6.18 Å². The van der Waals surface area contributed by atoms with E-state index < -0.39 is 11.7 Å². The number of anilines is 1. The molecule has 1 N–H and O–H groups in total. The van der Waals surface area contributed by atoms with Gasteiger partial charge in [0.15, 0.2) is 0 Å². The lowest BCUT2D eigenvalue weighted by atomic mass is 10.1. The van der Waals surface area contributed by atoms with Crippen molar-refractivity contribution in [1.29, 1.82) is 0 Å². The highest BCUT2D eigenvalue weighted by Crippen LogP contribution is 2.38. The van der Waals surface area contributed by atoms with Crippen molar-refractivity contribution < 1.29 is 13.2 Å². The molecule has 100 valence electrons. The van der Waals surface area contributed by atoms with Crippen LogP contribution in [0.4, 0.5) is 18.9 Å². The summed E-state index contributed by atoms with van der Waals surface area (Å²) in [6.07, 6.45) is -4.33. The third kappa shape index (κ3) is 2.98. The third-order valence-corrected chi connectivity index (χ3v) is 3.47. The predicted octanol–water partition coefficient (Wildman–Crippen LogP) is 3.27. The van der Waals surface area contributed by atoms with E-state index in [2.05, 4.69) is 21.2 Å². The Balaban J connectivity index is 2.37. The fourth-order valence-electron chi connectivity index (χ4n) is 2.16. The zero-order valence-electron chi connectivity index (χ0n) is 9.89. The Morgan fingerprint density at radius 2 is 2.11 bits per heavy atom. The van der Waals surface area contributed by atoms with E-state index >= 15 is 0 Å². The summed E-state index contributed by atoms with van der Waals surface area (Å²) in [5, 5.41) is 3.22. The molecule has 0 amide bonds. The molecule has 18 heavy (non-hydrogen) atoms. The minimum absolute atomic E-state index is 0.198. The molecule has 1 heterocycles. The first-order valence-corrected chi connectivity index (χ1v) is 6.52. The summed E-state index contributed by atoms with van der Waals surface area (Å²) in [5.74, 6) is 0. The van der Waals surface area contributed by atoms with Gasteiger partial charge in [-0.2, -0.15) is 13.2 Å². The first-order chi connectivity index (χ1) is 8.38. The summed E-state index contributed by atoms with van der Waals surface area (Å²) in [6.45, 7) is 3.85. The lowest BCUT2D eigenvalue weighted by Gasteiger charge is -2.35. The number of nitrogens with one attached hydrogen (secondary N) is 1. The van der Waals surface area contributed by atoms with Gasteiger partial charge in [-0.25, -0.2) is 0 Å². The lowest BCUT2D eigenvalue weighted by Crippen LogP contribution is -2.49. The van der Waals surface area contributed by atoms with Crippen molar-refractivity contribution >= 4 is 21.6 Å². The molecular weight excluding hydrogens is 309 g/mol. The van der Waals surface area contributed by atoms with Crippen molar-refractivity contribution in [2.75, 3.05) is 24.5 Å². The number of benzene rings is 1. The molecule has 0 saturated carbocycles. The molecule has 1 aromatic rings. The van der Waals surface area contributed by atoms with Crippen LogP contribution in [-0.4, -0.2) is 25.7 Å². The Bertz CT molecular complexity index is 434. The molecule has 1 aliphatic rings. The number of nitrogens with zero attached hydrogens (tertiary/aromatic N) is 1. The minimum atomic E-state index is -4.33. The van der Waals surface area contributed by atoms with Gasteiger partial charge in [-0.1, -0.05) is 15.9 Å². The largest absolute Gasteiger partial charge is 0.418 e. The van der Waals surface area contributed by atoms with E-state index in [1.165, 1.54) is 6.07 Å². The smallest absolute Gasteiger partial charge is 0.368 e. The first kappa shape index (κ1) is 13.7. The molecule has 0 radical (unpaired) electrons. The molecule has 0 unspecified atom stereocenters. The molecule has 0 spiro atoms. The average Bonchev–Trinajstić information content (AvgIpc) is 2.27. The van der Waals surface area contributed by atoms with E-state index in [9.17, 15) is 13.2 Å². The average molecular weight is 323 g/mol. The van der Waals surface area contributed by atoms with Gasteiger partial charge in [0.25, 0.3) is 0 Å². The normalized spacial score (nSPS) is 21.2. The lowest BCUT2D eigenvalue weighted by molar-refractivity contribution is -0.137. The van der Waals surface area contributed by atoms with Crippen LogP contribution in [0.1, 0.15) is 12.5 Å². The second-order valence-corrected chi connectivity index (χ2v) is 5.38. The maximum atomic E-state index is 13.0. The van der Waals surface area contributed by atoms with Crippen LogP contribution >= 0.6 is 15.9 Å². The third-order valence-electron chi connectivity index (χ3n) is 2.97. The van der Waals surface area contributed by atoms with Gasteiger partial charge in [0.05, 0.1) is 5.56 Å². The van der Waals surface area contributed by atoms with Gasteiger partial charge < -0.3 is 10.2 Å². The summed E-state index contributed by atoms with van der Waals surface area (Å²) >= 11 is 3.09. The van der Waals surface area contributed by atoms with Crippen molar-refractivity contribution in [3.05, 3.63) is 28.2 Å². The molecule has 1 saturated heterocycles. The van der Waals surface area contributed by atoms with Crippen molar-refractivity contribution in [2.24, 2.45) is 0 Å².